The van der Waals surface area contributed by atoms with Crippen LogP contribution >= 0.6 is 0 Å². The highest BCUT2D eigenvalue weighted by molar-refractivity contribution is 5.22. The van der Waals surface area contributed by atoms with Crippen molar-refractivity contribution < 1.29 is 99.8 Å². The third kappa shape index (κ3) is 12.9. The Labute approximate surface area is 399 Å². The molecule has 18 heteroatoms. The van der Waals surface area contributed by atoms with Crippen LogP contribution in [0.3, 0.4) is 0 Å². The van der Waals surface area contributed by atoms with Crippen LogP contribution in [0.2, 0.25) is 0 Å². The van der Waals surface area contributed by atoms with Crippen LogP contribution in [-0.4, -0.2) is 90.0 Å². The second-order valence-corrected chi connectivity index (χ2v) is 20.7. The lowest BCUT2D eigenvalue weighted by Gasteiger charge is -2.50. The van der Waals surface area contributed by atoms with Gasteiger partial charge in [0.2, 0.25) is 0 Å². The van der Waals surface area contributed by atoms with Crippen LogP contribution in [0.15, 0.2) is 12.2 Å². The first-order chi connectivity index (χ1) is 34.5. The molecular weight excluding hydrogens is 900 g/mol. The van der Waals surface area contributed by atoms with E-state index in [9.17, 15) is 83.3 Å². The Hall–Kier alpha value is -1.78. The molecule has 4 rings (SSSR count). The van der Waals surface area contributed by atoms with Crippen LogP contribution in [0.25, 0.3) is 0 Å². The third-order valence-corrected chi connectivity index (χ3v) is 15.8. The lowest BCUT2D eigenvalue weighted by molar-refractivity contribution is -0.347. The van der Waals surface area contributed by atoms with Gasteiger partial charge in [-0.05, 0) is 168 Å². The van der Waals surface area contributed by atoms with E-state index in [2.05, 4.69) is 0 Å². The van der Waals surface area contributed by atoms with Gasteiger partial charge < -0.3 is 30.6 Å². The second kappa shape index (κ2) is 20.1. The molecule has 66 heavy (non-hydrogen) atoms. The number of allylic oxidation sites excluding steroid dienone is 1. The first kappa shape index (κ1) is 42.0. The number of hydrogen-bond acceptors (Lipinski definition) is 6. The van der Waals surface area contributed by atoms with Gasteiger partial charge in [-0.3, -0.25) is 0 Å². The minimum Gasteiger partial charge on any atom is -0.393 e. The molecule has 386 valence electrons. The molecule has 0 bridgehead atoms. The topological polar surface area (TPSA) is 121 Å². The Morgan fingerprint density at radius 2 is 0.970 bits per heavy atom. The van der Waals surface area contributed by atoms with Gasteiger partial charge in [-0.15, -0.1) is 0 Å². The molecule has 4 aliphatic carbocycles. The van der Waals surface area contributed by atoms with Crippen LogP contribution in [0, 0.1) is 57.2 Å². The Balaban J connectivity index is 0.000000410. The Kier molecular flexibility index (Phi) is 12.8. The van der Waals surface area contributed by atoms with Gasteiger partial charge in [-0.25, -0.2) is 0 Å². The van der Waals surface area contributed by atoms with Crippen molar-refractivity contribution >= 4 is 0 Å². The van der Waals surface area contributed by atoms with E-state index in [1.807, 2.05) is 19.8 Å². The molecule has 0 heterocycles. The van der Waals surface area contributed by atoms with E-state index in [0.717, 1.165) is 5.92 Å². The SMILES string of the molecule is [2H]C([2H])([2H])C(O)(CCC[C@](C)(C/C=C/C(O)(C(F)(F)F)C(F)(F)F)[C@H]1CCC2[C@@H](O)CCC[C@@]21C)C([2H])([2H])[2H].[2H]C([2H])([2H])C(O)(CCC[C@](C)(CC#CC(O)(C(F)(F)F)C(F)(F)F)[C@H]1CCC2[C@@H](O)CCC[C@@]21C)C([2H])([2H])[2H]. The van der Waals surface area contributed by atoms with E-state index >= 15 is 0 Å². The molecule has 0 aromatic rings. The quantitative estimate of drug-likeness (QED) is 0.0586. The smallest absolute Gasteiger partial charge is 0.393 e. The number of hydrogen-bond donors (Lipinski definition) is 6. The van der Waals surface area contributed by atoms with Crippen molar-refractivity contribution in [3.63, 3.8) is 0 Å². The highest BCUT2D eigenvalue weighted by Gasteiger charge is 2.71. The number of alkyl halides is 12. The molecule has 4 fully saturated rings. The minimum atomic E-state index is -6.12. The van der Waals surface area contributed by atoms with E-state index in [1.54, 1.807) is 13.8 Å². The maximum atomic E-state index is 13.2. The normalized spacial score (nSPS) is 34.7. The highest BCUT2D eigenvalue weighted by atomic mass is 19.4. The summed E-state index contributed by atoms with van der Waals surface area (Å²) in [6.45, 7) is -6.12. The number of rotatable bonds is 14. The molecule has 0 aromatic carbocycles. The zero-order valence-corrected chi connectivity index (χ0v) is 37.6. The van der Waals surface area contributed by atoms with Crippen molar-refractivity contribution in [2.75, 3.05) is 0 Å². The van der Waals surface area contributed by atoms with Gasteiger partial charge in [0.05, 0.1) is 23.4 Å². The summed E-state index contributed by atoms with van der Waals surface area (Å²) in [6.07, 6.45) is -22.4. The fraction of sp³-hybridized carbons (Fsp3) is 0.917. The van der Waals surface area contributed by atoms with Gasteiger partial charge in [0.15, 0.2) is 0 Å². The van der Waals surface area contributed by atoms with E-state index in [-0.39, 0.29) is 61.9 Å². The lowest BCUT2D eigenvalue weighted by atomic mass is 9.56. The summed E-state index contributed by atoms with van der Waals surface area (Å²) in [5.74, 6) is 1.86. The number of halogens is 12. The predicted molar refractivity (Wildman–Crippen MR) is 225 cm³/mol. The molecule has 6 nitrogen and oxygen atoms in total. The number of fused-ring (bicyclic) bond motifs is 2. The van der Waals surface area contributed by atoms with Crippen LogP contribution in [0.4, 0.5) is 52.7 Å². The molecule has 0 saturated heterocycles. The van der Waals surface area contributed by atoms with Crippen molar-refractivity contribution in [1.29, 1.82) is 0 Å². The van der Waals surface area contributed by atoms with E-state index in [4.69, 9.17) is 16.4 Å². The standard InChI is InChI=1S/C24H38F6O3.C24H36F6O3/c2*1-19(2,32)11-6-12-20(3,13-7-15-22(33,23(25,26)27)24(28,29)30)18-10-9-16-17(31)8-5-14-21(16,18)4/h7,15-18,31-33H,5-6,8-14H2,1-4H3;16-18,31-33H,5-6,8-14H2,1-4H3/b15-7+;/t2*16?,17-,18+,20+,21-/m00/s1/i2*1D3,2D3. The fourth-order valence-corrected chi connectivity index (χ4v) is 12.4. The van der Waals surface area contributed by atoms with Gasteiger partial charge in [0.1, 0.15) is 0 Å². The summed E-state index contributed by atoms with van der Waals surface area (Å²) >= 11 is 0. The van der Waals surface area contributed by atoms with Crippen LogP contribution in [0.1, 0.15) is 187 Å². The van der Waals surface area contributed by atoms with Crippen LogP contribution in [-0.2, 0) is 0 Å². The molecule has 4 saturated carbocycles. The zero-order valence-electron chi connectivity index (χ0n) is 49.6. The summed E-state index contributed by atoms with van der Waals surface area (Å²) in [4.78, 5) is 0. The molecular formula is C48H74F12O6. The van der Waals surface area contributed by atoms with Gasteiger partial charge in [-0.1, -0.05) is 65.4 Å². The molecule has 0 aromatic heterocycles. The van der Waals surface area contributed by atoms with Gasteiger partial charge in [0, 0.05) is 22.9 Å². The monoisotopic (exact) mass is 987 g/mol. The van der Waals surface area contributed by atoms with Crippen molar-refractivity contribution in [3.05, 3.63) is 12.2 Å². The molecule has 0 aliphatic heterocycles. The van der Waals surface area contributed by atoms with Gasteiger partial charge in [0.25, 0.3) is 5.60 Å². The van der Waals surface area contributed by atoms with Crippen molar-refractivity contribution in [2.45, 2.75) is 230 Å². The van der Waals surface area contributed by atoms with Crippen LogP contribution < -0.4 is 0 Å². The molecule has 10 atom stereocenters. The molecule has 2 unspecified atom stereocenters. The minimum absolute atomic E-state index is 0.0225. The molecule has 0 radical (unpaired) electrons. The van der Waals surface area contributed by atoms with Crippen molar-refractivity contribution in [3.8, 4) is 11.8 Å². The van der Waals surface area contributed by atoms with E-state index < -0.39 is 128 Å². The molecule has 6 N–H and O–H groups in total. The van der Waals surface area contributed by atoms with E-state index in [0.29, 0.717) is 70.3 Å². The summed E-state index contributed by atoms with van der Waals surface area (Å²) in [5.41, 5.74) is -19.8. The summed E-state index contributed by atoms with van der Waals surface area (Å²) in [7, 11) is 0. The summed E-state index contributed by atoms with van der Waals surface area (Å²) in [6, 6.07) is 0. The number of aliphatic hydroxyl groups excluding tert-OH is 2. The van der Waals surface area contributed by atoms with Gasteiger partial charge >= 0.3 is 30.3 Å². The second-order valence-electron chi connectivity index (χ2n) is 20.7. The molecule has 0 amide bonds. The highest BCUT2D eigenvalue weighted by Crippen LogP contribution is 2.64. The Morgan fingerprint density at radius 3 is 1.35 bits per heavy atom. The average Bonchev–Trinajstić information content (AvgIpc) is 3.79. The number of aliphatic hydroxyl groups is 6. The average molecular weight is 987 g/mol. The first-order valence-corrected chi connectivity index (χ1v) is 22.2. The van der Waals surface area contributed by atoms with Gasteiger partial charge in [-0.2, -0.15) is 52.7 Å². The molecule has 4 aliphatic rings. The summed E-state index contributed by atoms with van der Waals surface area (Å²) in [5, 5.41) is 61.4. The predicted octanol–water partition coefficient (Wildman–Crippen LogP) is 12.1. The van der Waals surface area contributed by atoms with Crippen molar-refractivity contribution in [1.82, 2.24) is 0 Å². The zero-order chi connectivity index (χ0) is 61.0. The third-order valence-electron chi connectivity index (χ3n) is 15.8. The largest absolute Gasteiger partial charge is 0.438 e. The maximum absolute atomic E-state index is 13.2. The maximum Gasteiger partial charge on any atom is 0.438 e. The lowest BCUT2D eigenvalue weighted by Crippen LogP contribution is -2.55. The molecule has 0 spiro atoms. The Bertz CT molecular complexity index is 2060. The van der Waals surface area contributed by atoms with Crippen molar-refractivity contribution in [2.24, 2.45) is 45.3 Å². The fourth-order valence-electron chi connectivity index (χ4n) is 12.4. The van der Waals surface area contributed by atoms with E-state index in [1.165, 1.54) is 0 Å². The summed E-state index contributed by atoms with van der Waals surface area (Å²) < 4.78 is 249. The first-order valence-electron chi connectivity index (χ1n) is 28.2. The van der Waals surface area contributed by atoms with Crippen LogP contribution in [0.5, 0.6) is 0 Å². The Morgan fingerprint density at radius 1 is 0.576 bits per heavy atom.